The predicted octanol–water partition coefficient (Wildman–Crippen LogP) is 0.433. The molecule has 0 radical (unpaired) electrons. The maximum atomic E-state index is 5.37. The molecule has 0 saturated heterocycles. The molecule has 0 aliphatic rings. The van der Waals surface area contributed by atoms with Crippen LogP contribution in [0.4, 0.5) is 0 Å². The summed E-state index contributed by atoms with van der Waals surface area (Å²) in [6, 6.07) is 1.21. The van der Waals surface area contributed by atoms with Crippen LogP contribution in [0.3, 0.4) is 0 Å². The van der Waals surface area contributed by atoms with Crippen molar-refractivity contribution in [2.24, 2.45) is 0 Å². The summed E-state index contributed by atoms with van der Waals surface area (Å²) in [5.41, 5.74) is 0. The van der Waals surface area contributed by atoms with E-state index in [2.05, 4.69) is 29.1 Å². The lowest BCUT2D eigenvalue weighted by Crippen LogP contribution is -2.24. The first-order valence-electron chi connectivity index (χ1n) is 3.96. The number of rotatable bonds is 6. The zero-order valence-corrected chi connectivity index (χ0v) is 12.1. The van der Waals surface area contributed by atoms with Crippen molar-refractivity contribution in [2.45, 2.75) is 19.0 Å². The molecule has 6 heteroatoms. The highest BCUT2D eigenvalue weighted by Crippen LogP contribution is 2.27. The van der Waals surface area contributed by atoms with Crippen LogP contribution in [-0.4, -0.2) is 31.0 Å². The number of hydrogen-bond donors (Lipinski definition) is 1. The molecule has 2 nitrogen and oxygen atoms in total. The van der Waals surface area contributed by atoms with Gasteiger partial charge in [-0.1, -0.05) is 6.55 Å². The van der Waals surface area contributed by atoms with Crippen molar-refractivity contribution in [1.29, 1.82) is 0 Å². The topological polar surface area (TPSA) is 21.3 Å². The molecule has 0 saturated carbocycles. The molecule has 2 atom stereocenters. The van der Waals surface area contributed by atoms with E-state index >= 15 is 0 Å². The number of hydrogen-bond acceptors (Lipinski definition) is 2. The molecule has 0 bridgehead atoms. The highest BCUT2D eigenvalue weighted by atomic mass is 31.6. The van der Waals surface area contributed by atoms with E-state index in [1.54, 1.807) is 7.11 Å². The van der Waals surface area contributed by atoms with Gasteiger partial charge in [0.15, 0.2) is 0 Å². The first-order valence-corrected chi connectivity index (χ1v) is 11.8. The SMILES string of the molecule is CO[Si](P)(P)CCCN[SiH2]C. The van der Waals surface area contributed by atoms with Crippen molar-refractivity contribution in [3.8, 4) is 0 Å². The Morgan fingerprint density at radius 1 is 1.55 bits per heavy atom. The van der Waals surface area contributed by atoms with Gasteiger partial charge < -0.3 is 9.41 Å². The highest BCUT2D eigenvalue weighted by molar-refractivity contribution is 7.98. The van der Waals surface area contributed by atoms with Gasteiger partial charge in [-0.25, -0.2) is 0 Å². The Morgan fingerprint density at radius 2 is 2.18 bits per heavy atom. The van der Waals surface area contributed by atoms with Crippen LogP contribution in [0.5, 0.6) is 0 Å². The molecule has 0 aromatic carbocycles. The highest BCUT2D eigenvalue weighted by Gasteiger charge is 2.19. The van der Waals surface area contributed by atoms with Gasteiger partial charge >= 0.3 is 0 Å². The molecule has 0 aromatic heterocycles. The molecule has 68 valence electrons. The van der Waals surface area contributed by atoms with Crippen LogP contribution >= 0.6 is 17.6 Å². The lowest BCUT2D eigenvalue weighted by molar-refractivity contribution is 0.428. The zero-order valence-electron chi connectivity index (χ0n) is 7.39. The molecule has 11 heavy (non-hydrogen) atoms. The van der Waals surface area contributed by atoms with Crippen LogP contribution < -0.4 is 4.98 Å². The Hall–Kier alpha value is 1.21. The van der Waals surface area contributed by atoms with E-state index in [0.717, 1.165) is 0 Å². The third-order valence-electron chi connectivity index (χ3n) is 1.55. The summed E-state index contributed by atoms with van der Waals surface area (Å²) >= 11 is 0. The predicted molar refractivity (Wildman–Crippen MR) is 64.0 cm³/mol. The van der Waals surface area contributed by atoms with E-state index in [0.29, 0.717) is 0 Å². The minimum Gasteiger partial charge on any atom is -0.413 e. The molecular formula is C5H19NOP2Si2. The van der Waals surface area contributed by atoms with Crippen LogP contribution in [0, 0.1) is 0 Å². The van der Waals surface area contributed by atoms with Crippen molar-refractivity contribution < 1.29 is 4.43 Å². The van der Waals surface area contributed by atoms with Crippen molar-refractivity contribution in [3.05, 3.63) is 0 Å². The maximum absolute atomic E-state index is 5.37. The molecule has 2 unspecified atom stereocenters. The third-order valence-corrected chi connectivity index (χ3v) is 7.45. The Bertz CT molecular complexity index is 104. The van der Waals surface area contributed by atoms with E-state index in [1.807, 2.05) is 0 Å². The van der Waals surface area contributed by atoms with Crippen LogP contribution in [-0.2, 0) is 4.43 Å². The van der Waals surface area contributed by atoms with E-state index in [-0.39, 0.29) is 9.68 Å². The lowest BCUT2D eigenvalue weighted by Gasteiger charge is -2.18. The molecule has 0 fully saturated rings. The molecule has 0 spiro atoms. The fourth-order valence-electron chi connectivity index (χ4n) is 0.769. The minimum atomic E-state index is -1.42. The third kappa shape index (κ3) is 7.57. The van der Waals surface area contributed by atoms with Crippen molar-refractivity contribution >= 4 is 34.9 Å². The van der Waals surface area contributed by atoms with Gasteiger partial charge in [-0.3, -0.25) is 0 Å². The second kappa shape index (κ2) is 6.70. The summed E-state index contributed by atoms with van der Waals surface area (Å²) in [6.45, 7) is 3.44. The minimum absolute atomic E-state index is 0.0546. The normalized spacial score (nSPS) is 13.1. The summed E-state index contributed by atoms with van der Waals surface area (Å²) < 4.78 is 5.37. The zero-order chi connectivity index (χ0) is 8.74. The summed E-state index contributed by atoms with van der Waals surface area (Å²) in [5.74, 6) is 0. The van der Waals surface area contributed by atoms with E-state index in [9.17, 15) is 0 Å². The van der Waals surface area contributed by atoms with Gasteiger partial charge in [-0.2, -0.15) is 0 Å². The van der Waals surface area contributed by atoms with Gasteiger partial charge in [0.05, 0.1) is 9.68 Å². The fourth-order valence-corrected chi connectivity index (χ4v) is 3.53. The molecule has 1 N–H and O–H groups in total. The first-order chi connectivity index (χ1) is 5.12. The Labute approximate surface area is 77.4 Å². The summed E-state index contributed by atoms with van der Waals surface area (Å²) in [7, 11) is 6.12. The largest absolute Gasteiger partial charge is 0.413 e. The lowest BCUT2D eigenvalue weighted by atomic mass is 10.5. The second-order valence-electron chi connectivity index (χ2n) is 2.62. The molecule has 0 rings (SSSR count). The van der Waals surface area contributed by atoms with Gasteiger partial charge in [0.1, 0.15) is 0 Å². The van der Waals surface area contributed by atoms with Gasteiger partial charge in [0.25, 0.3) is 0 Å². The Morgan fingerprint density at radius 3 is 2.64 bits per heavy atom. The molecule has 0 heterocycles. The van der Waals surface area contributed by atoms with Crippen molar-refractivity contribution in [1.82, 2.24) is 4.98 Å². The average Bonchev–Trinajstić information content (AvgIpc) is 1.99. The smallest absolute Gasteiger partial charge is 0.230 e. The summed E-state index contributed by atoms with van der Waals surface area (Å²) in [5, 5.41) is 0. The van der Waals surface area contributed by atoms with Gasteiger partial charge in [0, 0.05) is 7.11 Å². The van der Waals surface area contributed by atoms with E-state index < -0.39 is 7.65 Å². The molecule has 0 amide bonds. The van der Waals surface area contributed by atoms with Gasteiger partial charge in [-0.15, -0.1) is 17.6 Å². The second-order valence-corrected chi connectivity index (χ2v) is 14.5. The van der Waals surface area contributed by atoms with Crippen LogP contribution in [0.25, 0.3) is 0 Å². The number of nitrogens with one attached hydrogen (secondary N) is 1. The quantitative estimate of drug-likeness (QED) is 0.404. The first kappa shape index (κ1) is 12.2. The summed E-state index contributed by atoms with van der Waals surface area (Å²) in [4.78, 5) is 3.43. The van der Waals surface area contributed by atoms with Gasteiger partial charge in [0.2, 0.25) is 7.65 Å². The Kier molecular flexibility index (Phi) is 7.44. The average molecular weight is 227 g/mol. The molecule has 0 aromatic rings. The fraction of sp³-hybridized carbons (Fsp3) is 1.00. The molecule has 0 aliphatic carbocycles. The van der Waals surface area contributed by atoms with E-state index in [1.165, 1.54) is 19.0 Å². The van der Waals surface area contributed by atoms with Crippen molar-refractivity contribution in [3.63, 3.8) is 0 Å². The van der Waals surface area contributed by atoms with E-state index in [4.69, 9.17) is 4.43 Å². The van der Waals surface area contributed by atoms with Crippen molar-refractivity contribution in [2.75, 3.05) is 13.7 Å². The van der Waals surface area contributed by atoms with Crippen LogP contribution in [0.1, 0.15) is 6.42 Å². The molecule has 0 aliphatic heterocycles. The molecular weight excluding hydrogens is 208 g/mol. The monoisotopic (exact) mass is 227 g/mol. The van der Waals surface area contributed by atoms with Gasteiger partial charge in [-0.05, 0) is 19.0 Å². The Balaban J connectivity index is 3.23. The van der Waals surface area contributed by atoms with Crippen LogP contribution in [0.15, 0.2) is 0 Å². The standard InChI is InChI=1S/C5H19NOP2Si2/c1-7-11(8,9)5-3-4-6-10-2/h6H,3-5,8-10H2,1-2H3. The van der Waals surface area contributed by atoms with Crippen LogP contribution in [0.2, 0.25) is 12.6 Å². The maximum Gasteiger partial charge on any atom is 0.230 e. The summed E-state index contributed by atoms with van der Waals surface area (Å²) in [6.07, 6.45) is 1.24.